The maximum atomic E-state index is 10.3. The molecule has 2 aromatic rings. The van der Waals surface area contributed by atoms with E-state index in [1.54, 1.807) is 0 Å². The summed E-state index contributed by atoms with van der Waals surface area (Å²) in [5, 5.41) is 10.3. The average molecular weight is 333 g/mol. The molecule has 0 saturated heterocycles. The van der Waals surface area contributed by atoms with Gasteiger partial charge in [-0.2, -0.15) is 0 Å². The predicted octanol–water partition coefficient (Wildman–Crippen LogP) is 4.62. The minimum Gasteiger partial charge on any atom is -0.485 e. The lowest BCUT2D eigenvalue weighted by molar-refractivity contribution is 0.0656. The van der Waals surface area contributed by atoms with Crippen LogP contribution in [0.1, 0.15) is 40.9 Å². The molecule has 3 rings (SSSR count). The molecule has 1 N–H and O–H groups in total. The van der Waals surface area contributed by atoms with Crippen molar-refractivity contribution in [2.45, 2.75) is 32.5 Å². The monoisotopic (exact) mass is 332 g/mol. The van der Waals surface area contributed by atoms with Gasteiger partial charge in [0.25, 0.3) is 0 Å². The van der Waals surface area contributed by atoms with Gasteiger partial charge in [-0.1, -0.05) is 39.7 Å². The first-order valence-corrected chi connectivity index (χ1v) is 7.55. The van der Waals surface area contributed by atoms with Crippen molar-refractivity contribution < 1.29 is 9.84 Å². The smallest absolute Gasteiger partial charge is 0.127 e. The Bertz CT molecular complexity index is 651. The van der Waals surface area contributed by atoms with Gasteiger partial charge in [-0.3, -0.25) is 0 Å². The zero-order valence-electron chi connectivity index (χ0n) is 11.6. The molecule has 2 atom stereocenters. The molecular weight excluding hydrogens is 316 g/mol. The van der Waals surface area contributed by atoms with Gasteiger partial charge in [-0.05, 0) is 43.2 Å². The van der Waals surface area contributed by atoms with Crippen molar-refractivity contribution in [3.63, 3.8) is 0 Å². The molecule has 0 bridgehead atoms. The molecule has 2 nitrogen and oxygen atoms in total. The number of hydrogen-bond acceptors (Lipinski definition) is 2. The van der Waals surface area contributed by atoms with Crippen LogP contribution in [0.4, 0.5) is 0 Å². The van der Waals surface area contributed by atoms with Crippen LogP contribution in [0.25, 0.3) is 0 Å². The van der Waals surface area contributed by atoms with E-state index in [-0.39, 0.29) is 6.10 Å². The Kier molecular flexibility index (Phi) is 3.57. The van der Waals surface area contributed by atoms with Gasteiger partial charge in [0.05, 0.1) is 6.10 Å². The number of aliphatic hydroxyl groups is 1. The largest absolute Gasteiger partial charge is 0.485 e. The number of hydrogen-bond donors (Lipinski definition) is 1. The van der Waals surface area contributed by atoms with Crippen LogP contribution in [0.15, 0.2) is 40.9 Å². The third kappa shape index (κ3) is 2.48. The van der Waals surface area contributed by atoms with Crippen molar-refractivity contribution in [2.24, 2.45) is 0 Å². The van der Waals surface area contributed by atoms with Crippen molar-refractivity contribution in [1.29, 1.82) is 0 Å². The highest BCUT2D eigenvalue weighted by Crippen LogP contribution is 2.41. The summed E-state index contributed by atoms with van der Waals surface area (Å²) < 4.78 is 7.13. The standard InChI is InChI=1S/C17H17BrO2/c1-10-3-6-16-13(7-10)15(19)9-17(20-16)12-5-4-11(2)14(18)8-12/h3-8,15,17,19H,9H2,1-2H3. The summed E-state index contributed by atoms with van der Waals surface area (Å²) in [5.74, 6) is 0.788. The van der Waals surface area contributed by atoms with Crippen LogP contribution in [0.3, 0.4) is 0 Å². The number of ether oxygens (including phenoxy) is 1. The first kappa shape index (κ1) is 13.7. The van der Waals surface area contributed by atoms with E-state index in [0.29, 0.717) is 6.42 Å². The maximum absolute atomic E-state index is 10.3. The van der Waals surface area contributed by atoms with E-state index < -0.39 is 6.10 Å². The maximum Gasteiger partial charge on any atom is 0.127 e. The Morgan fingerprint density at radius 1 is 1.15 bits per heavy atom. The van der Waals surface area contributed by atoms with E-state index >= 15 is 0 Å². The molecule has 1 aliphatic rings. The Hall–Kier alpha value is -1.32. The SMILES string of the molecule is Cc1ccc2c(c1)C(O)CC(c1ccc(C)c(Br)c1)O2. The second kappa shape index (κ2) is 5.23. The number of rotatable bonds is 1. The van der Waals surface area contributed by atoms with Gasteiger partial charge in [0.1, 0.15) is 11.9 Å². The fraction of sp³-hybridized carbons (Fsp3) is 0.294. The zero-order chi connectivity index (χ0) is 14.3. The topological polar surface area (TPSA) is 29.5 Å². The minimum atomic E-state index is -0.469. The van der Waals surface area contributed by atoms with E-state index in [1.807, 2.05) is 25.1 Å². The van der Waals surface area contributed by atoms with Crippen LogP contribution in [-0.4, -0.2) is 5.11 Å². The van der Waals surface area contributed by atoms with Gasteiger partial charge in [0, 0.05) is 16.5 Å². The lowest BCUT2D eigenvalue weighted by atomic mass is 9.94. The van der Waals surface area contributed by atoms with Crippen molar-refractivity contribution in [3.05, 3.63) is 63.1 Å². The van der Waals surface area contributed by atoms with Crippen LogP contribution in [-0.2, 0) is 0 Å². The molecule has 0 aromatic heterocycles. The molecule has 0 radical (unpaired) electrons. The molecule has 0 amide bonds. The van der Waals surface area contributed by atoms with Crippen molar-refractivity contribution in [1.82, 2.24) is 0 Å². The van der Waals surface area contributed by atoms with Gasteiger partial charge in [-0.15, -0.1) is 0 Å². The van der Waals surface area contributed by atoms with E-state index in [4.69, 9.17) is 4.74 Å². The van der Waals surface area contributed by atoms with E-state index in [1.165, 1.54) is 5.56 Å². The van der Waals surface area contributed by atoms with Crippen LogP contribution in [0, 0.1) is 13.8 Å². The molecule has 0 spiro atoms. The molecule has 0 fully saturated rings. The van der Waals surface area contributed by atoms with Gasteiger partial charge < -0.3 is 9.84 Å². The predicted molar refractivity (Wildman–Crippen MR) is 83.0 cm³/mol. The summed E-state index contributed by atoms with van der Waals surface area (Å²) in [6.07, 6.45) is 0.0206. The number of halogens is 1. The minimum absolute atomic E-state index is 0.0999. The Balaban J connectivity index is 1.94. The quantitative estimate of drug-likeness (QED) is 0.825. The average Bonchev–Trinajstić information content (AvgIpc) is 2.42. The van der Waals surface area contributed by atoms with Crippen LogP contribution in [0.2, 0.25) is 0 Å². The Labute approximate surface area is 127 Å². The zero-order valence-corrected chi connectivity index (χ0v) is 13.1. The molecule has 0 aliphatic carbocycles. The molecule has 2 aromatic carbocycles. The summed E-state index contributed by atoms with van der Waals surface area (Å²) in [6.45, 7) is 4.08. The van der Waals surface area contributed by atoms with Crippen molar-refractivity contribution >= 4 is 15.9 Å². The van der Waals surface area contributed by atoms with Gasteiger partial charge in [-0.25, -0.2) is 0 Å². The molecule has 2 unspecified atom stereocenters. The number of fused-ring (bicyclic) bond motifs is 1. The third-order valence-electron chi connectivity index (χ3n) is 3.80. The van der Waals surface area contributed by atoms with Crippen LogP contribution >= 0.6 is 15.9 Å². The highest BCUT2D eigenvalue weighted by atomic mass is 79.9. The fourth-order valence-corrected chi connectivity index (χ4v) is 2.98. The second-order valence-electron chi connectivity index (χ2n) is 5.41. The van der Waals surface area contributed by atoms with Crippen LogP contribution < -0.4 is 4.74 Å². The highest BCUT2D eigenvalue weighted by Gasteiger charge is 2.28. The molecular formula is C17H17BrO2. The van der Waals surface area contributed by atoms with E-state index in [2.05, 4.69) is 41.1 Å². The number of benzene rings is 2. The van der Waals surface area contributed by atoms with Gasteiger partial charge in [0.2, 0.25) is 0 Å². The molecule has 20 heavy (non-hydrogen) atoms. The summed E-state index contributed by atoms with van der Waals surface area (Å²) >= 11 is 3.55. The first-order valence-electron chi connectivity index (χ1n) is 6.76. The van der Waals surface area contributed by atoms with Gasteiger partial charge >= 0.3 is 0 Å². The summed E-state index contributed by atoms with van der Waals surface area (Å²) in [7, 11) is 0. The molecule has 1 aliphatic heterocycles. The Morgan fingerprint density at radius 2 is 1.95 bits per heavy atom. The molecule has 104 valence electrons. The van der Waals surface area contributed by atoms with Gasteiger partial charge in [0.15, 0.2) is 0 Å². The first-order chi connectivity index (χ1) is 9.54. The lowest BCUT2D eigenvalue weighted by Gasteiger charge is -2.30. The van der Waals surface area contributed by atoms with Crippen LogP contribution in [0.5, 0.6) is 5.75 Å². The summed E-state index contributed by atoms with van der Waals surface area (Å²) in [6, 6.07) is 12.2. The Morgan fingerprint density at radius 3 is 2.70 bits per heavy atom. The van der Waals surface area contributed by atoms with E-state index in [0.717, 1.165) is 26.9 Å². The fourth-order valence-electron chi connectivity index (χ4n) is 2.58. The van der Waals surface area contributed by atoms with E-state index in [9.17, 15) is 5.11 Å². The number of aliphatic hydroxyl groups excluding tert-OH is 1. The molecule has 1 heterocycles. The second-order valence-corrected chi connectivity index (χ2v) is 6.26. The molecule has 3 heteroatoms. The third-order valence-corrected chi connectivity index (χ3v) is 4.65. The number of aryl methyl sites for hydroxylation is 2. The van der Waals surface area contributed by atoms with Crippen molar-refractivity contribution in [3.8, 4) is 5.75 Å². The van der Waals surface area contributed by atoms with Crippen molar-refractivity contribution in [2.75, 3.05) is 0 Å². The lowest BCUT2D eigenvalue weighted by Crippen LogP contribution is -2.19. The summed E-state index contributed by atoms with van der Waals surface area (Å²) in [5.41, 5.74) is 4.32. The highest BCUT2D eigenvalue weighted by molar-refractivity contribution is 9.10. The molecule has 0 saturated carbocycles. The normalized spacial score (nSPS) is 21.2. The summed E-state index contributed by atoms with van der Waals surface area (Å²) in [4.78, 5) is 0.